The third kappa shape index (κ3) is 3.64. The van der Waals surface area contributed by atoms with Gasteiger partial charge >= 0.3 is 0 Å². The zero-order valence-corrected chi connectivity index (χ0v) is 13.2. The number of rotatable bonds is 4. The Hall–Kier alpha value is -1.20. The number of benzene rings is 1. The van der Waals surface area contributed by atoms with E-state index in [4.69, 9.17) is 0 Å². The molecule has 1 N–H and O–H groups in total. The van der Waals surface area contributed by atoms with E-state index >= 15 is 0 Å². The van der Waals surface area contributed by atoms with Crippen LogP contribution in [0.4, 0.5) is 0 Å². The SMILES string of the molecule is Cc1ccc(Br)cc1C(=O)NCC(C)c1nccs1. The van der Waals surface area contributed by atoms with E-state index in [-0.39, 0.29) is 11.8 Å². The molecule has 1 amide bonds. The molecule has 2 rings (SSSR count). The van der Waals surface area contributed by atoms with Gasteiger partial charge in [0.15, 0.2) is 0 Å². The highest BCUT2D eigenvalue weighted by atomic mass is 79.9. The van der Waals surface area contributed by atoms with Gasteiger partial charge in [-0.05, 0) is 24.6 Å². The first kappa shape index (κ1) is 14.2. The Morgan fingerprint density at radius 2 is 2.32 bits per heavy atom. The predicted molar refractivity (Wildman–Crippen MR) is 81.7 cm³/mol. The van der Waals surface area contributed by atoms with Crippen LogP contribution >= 0.6 is 27.3 Å². The van der Waals surface area contributed by atoms with Gasteiger partial charge in [-0.15, -0.1) is 11.3 Å². The fraction of sp³-hybridized carbons (Fsp3) is 0.286. The number of nitrogens with zero attached hydrogens (tertiary/aromatic N) is 1. The number of hydrogen-bond acceptors (Lipinski definition) is 3. The Morgan fingerprint density at radius 1 is 1.53 bits per heavy atom. The standard InChI is InChI=1S/C14H15BrN2OS/c1-9-3-4-11(15)7-12(9)13(18)17-8-10(2)14-16-5-6-19-14/h3-7,10H,8H2,1-2H3,(H,17,18). The summed E-state index contributed by atoms with van der Waals surface area (Å²) in [5, 5.41) is 5.96. The molecule has 2 aromatic rings. The van der Waals surface area contributed by atoms with Crippen LogP contribution in [0.15, 0.2) is 34.2 Å². The highest BCUT2D eigenvalue weighted by Crippen LogP contribution is 2.18. The Labute approximate surface area is 125 Å². The lowest BCUT2D eigenvalue weighted by atomic mass is 10.1. The molecule has 0 aliphatic carbocycles. The summed E-state index contributed by atoms with van der Waals surface area (Å²) >= 11 is 5.00. The molecule has 0 saturated carbocycles. The average molecular weight is 339 g/mol. The maximum Gasteiger partial charge on any atom is 0.251 e. The average Bonchev–Trinajstić information content (AvgIpc) is 2.92. The van der Waals surface area contributed by atoms with Crippen LogP contribution < -0.4 is 5.32 Å². The molecule has 1 heterocycles. The summed E-state index contributed by atoms with van der Waals surface area (Å²) in [6.07, 6.45) is 1.79. The van der Waals surface area contributed by atoms with Crippen molar-refractivity contribution in [3.8, 4) is 0 Å². The quantitative estimate of drug-likeness (QED) is 0.922. The highest BCUT2D eigenvalue weighted by molar-refractivity contribution is 9.10. The zero-order valence-electron chi connectivity index (χ0n) is 10.8. The van der Waals surface area contributed by atoms with E-state index < -0.39 is 0 Å². The van der Waals surface area contributed by atoms with Crippen molar-refractivity contribution in [1.82, 2.24) is 10.3 Å². The molecule has 0 aliphatic rings. The first-order valence-corrected chi connectivity index (χ1v) is 7.69. The van der Waals surface area contributed by atoms with Gasteiger partial charge in [0, 0.05) is 34.1 Å². The van der Waals surface area contributed by atoms with E-state index in [1.165, 1.54) is 0 Å². The number of hydrogen-bond donors (Lipinski definition) is 1. The van der Waals surface area contributed by atoms with Gasteiger partial charge in [0.2, 0.25) is 0 Å². The van der Waals surface area contributed by atoms with Crippen molar-refractivity contribution in [1.29, 1.82) is 0 Å². The van der Waals surface area contributed by atoms with Crippen molar-refractivity contribution in [2.45, 2.75) is 19.8 Å². The summed E-state index contributed by atoms with van der Waals surface area (Å²) in [6.45, 7) is 4.59. The molecule has 0 bridgehead atoms. The second kappa shape index (κ2) is 6.30. The van der Waals surface area contributed by atoms with Gasteiger partial charge in [0.05, 0.1) is 5.01 Å². The predicted octanol–water partition coefficient (Wildman–Crippen LogP) is 3.75. The fourth-order valence-electron chi connectivity index (χ4n) is 1.75. The molecule has 5 heteroatoms. The van der Waals surface area contributed by atoms with Gasteiger partial charge in [0.1, 0.15) is 0 Å². The summed E-state index contributed by atoms with van der Waals surface area (Å²) in [7, 11) is 0. The summed E-state index contributed by atoms with van der Waals surface area (Å²) in [5.41, 5.74) is 1.68. The van der Waals surface area contributed by atoms with Gasteiger partial charge in [-0.2, -0.15) is 0 Å². The molecule has 0 aliphatic heterocycles. The number of thiazole rings is 1. The molecule has 19 heavy (non-hydrogen) atoms. The van der Waals surface area contributed by atoms with Gasteiger partial charge in [-0.3, -0.25) is 4.79 Å². The van der Waals surface area contributed by atoms with Crippen LogP contribution in [0, 0.1) is 6.92 Å². The number of carbonyl (C=O) groups excluding carboxylic acids is 1. The summed E-state index contributed by atoms with van der Waals surface area (Å²) in [4.78, 5) is 16.4. The lowest BCUT2D eigenvalue weighted by molar-refractivity contribution is 0.0951. The molecule has 0 fully saturated rings. The molecule has 0 spiro atoms. The van der Waals surface area contributed by atoms with Crippen molar-refractivity contribution in [3.05, 3.63) is 50.4 Å². The maximum absolute atomic E-state index is 12.1. The minimum absolute atomic E-state index is 0.0396. The lowest BCUT2D eigenvalue weighted by Gasteiger charge is -2.11. The molecule has 1 atom stereocenters. The van der Waals surface area contributed by atoms with Crippen molar-refractivity contribution >= 4 is 33.2 Å². The van der Waals surface area contributed by atoms with E-state index in [0.29, 0.717) is 12.1 Å². The molecule has 100 valence electrons. The van der Waals surface area contributed by atoms with Crippen molar-refractivity contribution in [2.24, 2.45) is 0 Å². The summed E-state index contributed by atoms with van der Waals surface area (Å²) < 4.78 is 0.913. The topological polar surface area (TPSA) is 42.0 Å². The van der Waals surface area contributed by atoms with E-state index in [2.05, 4.69) is 33.2 Å². The van der Waals surface area contributed by atoms with Gasteiger partial charge in [-0.25, -0.2) is 4.98 Å². The van der Waals surface area contributed by atoms with E-state index in [1.54, 1.807) is 17.5 Å². The first-order valence-electron chi connectivity index (χ1n) is 6.01. The van der Waals surface area contributed by atoms with Crippen LogP contribution in [0.25, 0.3) is 0 Å². The minimum Gasteiger partial charge on any atom is -0.351 e. The number of aryl methyl sites for hydroxylation is 1. The number of amides is 1. The second-order valence-electron chi connectivity index (χ2n) is 4.44. The third-order valence-corrected chi connectivity index (χ3v) is 4.39. The van der Waals surface area contributed by atoms with E-state index in [1.807, 2.05) is 30.5 Å². The van der Waals surface area contributed by atoms with E-state index in [9.17, 15) is 4.79 Å². The first-order chi connectivity index (χ1) is 9.08. The highest BCUT2D eigenvalue weighted by Gasteiger charge is 2.13. The molecule has 1 aromatic heterocycles. The lowest BCUT2D eigenvalue weighted by Crippen LogP contribution is -2.28. The van der Waals surface area contributed by atoms with Gasteiger partial charge in [-0.1, -0.05) is 28.9 Å². The minimum atomic E-state index is -0.0396. The van der Waals surface area contributed by atoms with Crippen LogP contribution in [-0.4, -0.2) is 17.4 Å². The van der Waals surface area contributed by atoms with Crippen LogP contribution in [-0.2, 0) is 0 Å². The molecular formula is C14H15BrN2OS. The molecule has 1 unspecified atom stereocenters. The summed E-state index contributed by atoms with van der Waals surface area (Å²) in [6, 6.07) is 5.71. The monoisotopic (exact) mass is 338 g/mol. The number of halogens is 1. The number of nitrogens with one attached hydrogen (secondary N) is 1. The number of carbonyl (C=O) groups is 1. The van der Waals surface area contributed by atoms with Gasteiger partial charge < -0.3 is 5.32 Å². The molecular weight excluding hydrogens is 324 g/mol. The summed E-state index contributed by atoms with van der Waals surface area (Å²) in [5.74, 6) is 0.193. The number of aromatic nitrogens is 1. The molecule has 0 saturated heterocycles. The van der Waals surface area contributed by atoms with Crippen molar-refractivity contribution in [2.75, 3.05) is 6.54 Å². The van der Waals surface area contributed by atoms with Crippen LogP contribution in [0.1, 0.15) is 33.8 Å². The zero-order chi connectivity index (χ0) is 13.8. The normalized spacial score (nSPS) is 12.2. The Bertz CT molecular complexity index is 569. The molecule has 1 aromatic carbocycles. The van der Waals surface area contributed by atoms with Crippen LogP contribution in [0.3, 0.4) is 0 Å². The van der Waals surface area contributed by atoms with Gasteiger partial charge in [0.25, 0.3) is 5.91 Å². The molecule has 3 nitrogen and oxygen atoms in total. The maximum atomic E-state index is 12.1. The Kier molecular flexibility index (Phi) is 4.71. The van der Waals surface area contributed by atoms with Crippen LogP contribution in [0.5, 0.6) is 0 Å². The second-order valence-corrected chi connectivity index (χ2v) is 6.28. The third-order valence-electron chi connectivity index (χ3n) is 2.89. The smallest absolute Gasteiger partial charge is 0.251 e. The van der Waals surface area contributed by atoms with Crippen LogP contribution in [0.2, 0.25) is 0 Å². The Morgan fingerprint density at radius 3 is 3.00 bits per heavy atom. The molecule has 0 radical (unpaired) electrons. The van der Waals surface area contributed by atoms with Crippen molar-refractivity contribution < 1.29 is 4.79 Å². The fourth-order valence-corrected chi connectivity index (χ4v) is 2.80. The largest absolute Gasteiger partial charge is 0.351 e. The van der Waals surface area contributed by atoms with E-state index in [0.717, 1.165) is 15.0 Å². The van der Waals surface area contributed by atoms with Crippen molar-refractivity contribution in [3.63, 3.8) is 0 Å². The Balaban J connectivity index is 2.00.